The Labute approximate surface area is 202 Å². The van der Waals surface area contributed by atoms with Crippen LogP contribution in [0.25, 0.3) is 16.8 Å². The largest absolute Gasteiger partial charge is 0.435 e. The van der Waals surface area contributed by atoms with E-state index in [0.717, 1.165) is 60.0 Å². The highest BCUT2D eigenvalue weighted by Crippen LogP contribution is 2.27. The van der Waals surface area contributed by atoms with E-state index in [9.17, 15) is 8.78 Å². The van der Waals surface area contributed by atoms with Crippen molar-refractivity contribution >= 4 is 11.6 Å². The molecule has 0 saturated carbocycles. The molecule has 5 rings (SSSR count). The van der Waals surface area contributed by atoms with Crippen molar-refractivity contribution in [1.82, 2.24) is 19.4 Å². The maximum absolute atomic E-state index is 12.9. The maximum Gasteiger partial charge on any atom is 0.387 e. The van der Waals surface area contributed by atoms with Crippen LogP contribution in [-0.2, 0) is 11.2 Å². The number of hydrogen-bond donors (Lipinski definition) is 0. The lowest BCUT2D eigenvalue weighted by Gasteiger charge is -2.31. The Morgan fingerprint density at radius 1 is 1.03 bits per heavy atom. The van der Waals surface area contributed by atoms with Crippen LogP contribution in [0.4, 0.5) is 14.7 Å². The second-order valence-corrected chi connectivity index (χ2v) is 8.65. The Balaban J connectivity index is 1.41. The Morgan fingerprint density at radius 3 is 2.49 bits per heavy atom. The van der Waals surface area contributed by atoms with Crippen LogP contribution in [0.5, 0.6) is 5.75 Å². The van der Waals surface area contributed by atoms with Crippen molar-refractivity contribution in [2.24, 2.45) is 0 Å². The average molecular weight is 480 g/mol. The third kappa shape index (κ3) is 4.95. The number of benzene rings is 1. The highest BCUT2D eigenvalue weighted by molar-refractivity contribution is 5.64. The number of piperidine rings is 1. The summed E-state index contributed by atoms with van der Waals surface area (Å²) >= 11 is 0. The normalized spacial score (nSPS) is 14.7. The third-order valence-electron chi connectivity index (χ3n) is 6.49. The number of methoxy groups -OCH3 is 1. The third-order valence-corrected chi connectivity index (χ3v) is 6.49. The molecular weight excluding hydrogens is 452 g/mol. The minimum atomic E-state index is -2.87. The molecule has 0 atom stereocenters. The van der Waals surface area contributed by atoms with E-state index >= 15 is 0 Å². The van der Waals surface area contributed by atoms with Gasteiger partial charge in [-0.1, -0.05) is 18.2 Å². The Bertz CT molecular complexity index is 1300. The number of imidazole rings is 1. The van der Waals surface area contributed by atoms with Gasteiger partial charge in [-0.25, -0.2) is 15.0 Å². The molecule has 1 aliphatic rings. The highest BCUT2D eigenvalue weighted by Gasteiger charge is 2.21. The summed E-state index contributed by atoms with van der Waals surface area (Å²) in [6.45, 7) is 0.792. The highest BCUT2D eigenvalue weighted by atomic mass is 19.3. The number of rotatable bonds is 7. The summed E-state index contributed by atoms with van der Waals surface area (Å²) in [7, 11) is 1.76. The summed E-state index contributed by atoms with van der Waals surface area (Å²) in [5.41, 5.74) is 5.03. The standard InChI is InChI=1S/C26H27F2N5O2/c1-17-22(13-18-5-3-4-6-23(18)35-25(27)28)33-16-19(7-8-24(33)31-17)20-14-29-26(30-15-20)32-11-9-21(34-2)10-12-32/h3-8,14-16,21,25H,9-13H2,1-2H3. The second kappa shape index (κ2) is 9.95. The molecule has 0 bridgehead atoms. The van der Waals surface area contributed by atoms with Gasteiger partial charge in [0.05, 0.1) is 11.8 Å². The molecule has 1 saturated heterocycles. The summed E-state index contributed by atoms with van der Waals surface area (Å²) in [5, 5.41) is 0. The number of aromatic nitrogens is 4. The number of aryl methyl sites for hydroxylation is 1. The fourth-order valence-corrected chi connectivity index (χ4v) is 4.56. The number of halogens is 2. The molecule has 0 aliphatic carbocycles. The van der Waals surface area contributed by atoms with Gasteiger partial charge in [-0.15, -0.1) is 0 Å². The fourth-order valence-electron chi connectivity index (χ4n) is 4.56. The van der Waals surface area contributed by atoms with Crippen LogP contribution < -0.4 is 9.64 Å². The van der Waals surface area contributed by atoms with Gasteiger partial charge in [0.15, 0.2) is 0 Å². The van der Waals surface area contributed by atoms with Gasteiger partial charge in [0.2, 0.25) is 5.95 Å². The maximum atomic E-state index is 12.9. The van der Waals surface area contributed by atoms with E-state index in [1.54, 1.807) is 25.3 Å². The summed E-state index contributed by atoms with van der Waals surface area (Å²) < 4.78 is 37.9. The molecule has 0 spiro atoms. The SMILES string of the molecule is COC1CCN(c2ncc(-c3ccc4nc(C)c(Cc5ccccc5OC(F)F)n4c3)cn2)CC1. The first kappa shape index (κ1) is 23.2. The summed E-state index contributed by atoms with van der Waals surface area (Å²) in [6, 6.07) is 10.8. The smallest absolute Gasteiger partial charge is 0.387 e. The van der Waals surface area contributed by atoms with Crippen LogP contribution in [-0.4, -0.2) is 52.3 Å². The van der Waals surface area contributed by atoms with E-state index in [-0.39, 0.29) is 5.75 Å². The number of ether oxygens (including phenoxy) is 2. The second-order valence-electron chi connectivity index (χ2n) is 8.65. The molecule has 0 N–H and O–H groups in total. The molecule has 4 aromatic rings. The van der Waals surface area contributed by atoms with Crippen LogP contribution in [0.3, 0.4) is 0 Å². The molecule has 9 heteroatoms. The monoisotopic (exact) mass is 479 g/mol. The molecule has 35 heavy (non-hydrogen) atoms. The van der Waals surface area contributed by atoms with E-state index in [1.807, 2.05) is 48.1 Å². The van der Waals surface area contributed by atoms with Gasteiger partial charge in [-0.05, 0) is 38.0 Å². The lowest BCUT2D eigenvalue weighted by Crippen LogP contribution is -2.37. The van der Waals surface area contributed by atoms with Crippen LogP contribution in [0.15, 0.2) is 55.0 Å². The minimum absolute atomic E-state index is 0.173. The van der Waals surface area contributed by atoms with E-state index in [0.29, 0.717) is 18.1 Å². The number of hydrogen-bond acceptors (Lipinski definition) is 6. The van der Waals surface area contributed by atoms with Crippen LogP contribution >= 0.6 is 0 Å². The van der Waals surface area contributed by atoms with Crippen molar-refractivity contribution in [2.45, 2.75) is 38.9 Å². The summed E-state index contributed by atoms with van der Waals surface area (Å²) in [4.78, 5) is 16.0. The molecule has 1 aromatic carbocycles. The van der Waals surface area contributed by atoms with E-state index in [1.165, 1.54) is 0 Å². The molecule has 1 aliphatic heterocycles. The number of alkyl halides is 2. The molecule has 182 valence electrons. The molecule has 4 heterocycles. The molecule has 7 nitrogen and oxygen atoms in total. The van der Waals surface area contributed by atoms with Crippen LogP contribution in [0.1, 0.15) is 29.8 Å². The topological polar surface area (TPSA) is 64.8 Å². The minimum Gasteiger partial charge on any atom is -0.435 e. The Hall–Kier alpha value is -3.59. The number of para-hydroxylation sites is 1. The van der Waals surface area contributed by atoms with Gasteiger partial charge in [0.25, 0.3) is 0 Å². The fraction of sp³-hybridized carbons (Fsp3) is 0.346. The Morgan fingerprint density at radius 2 is 1.77 bits per heavy atom. The van der Waals surface area contributed by atoms with Crippen molar-refractivity contribution < 1.29 is 18.3 Å². The zero-order valence-corrected chi connectivity index (χ0v) is 19.7. The van der Waals surface area contributed by atoms with Gasteiger partial charge < -0.3 is 18.8 Å². The molecule has 0 unspecified atom stereocenters. The molecule has 0 radical (unpaired) electrons. The lowest BCUT2D eigenvalue weighted by atomic mass is 10.1. The number of anilines is 1. The molecule has 1 fully saturated rings. The summed E-state index contributed by atoms with van der Waals surface area (Å²) in [6.07, 6.45) is 8.30. The molecule has 0 amide bonds. The van der Waals surface area contributed by atoms with Gasteiger partial charge in [0.1, 0.15) is 11.4 Å². The summed E-state index contributed by atoms with van der Waals surface area (Å²) in [5.74, 6) is 0.894. The van der Waals surface area contributed by atoms with E-state index in [2.05, 4.69) is 19.9 Å². The van der Waals surface area contributed by atoms with Crippen LogP contribution in [0.2, 0.25) is 0 Å². The van der Waals surface area contributed by atoms with Crippen LogP contribution in [0, 0.1) is 6.92 Å². The van der Waals surface area contributed by atoms with Gasteiger partial charge in [-0.2, -0.15) is 8.78 Å². The Kier molecular flexibility index (Phi) is 6.59. The first-order valence-corrected chi connectivity index (χ1v) is 11.6. The van der Waals surface area contributed by atoms with Crippen molar-refractivity contribution in [3.63, 3.8) is 0 Å². The molecule has 3 aromatic heterocycles. The predicted molar refractivity (Wildman–Crippen MR) is 129 cm³/mol. The van der Waals surface area contributed by atoms with Crippen molar-refractivity contribution in [1.29, 1.82) is 0 Å². The van der Waals surface area contributed by atoms with Gasteiger partial charge in [0, 0.05) is 67.6 Å². The predicted octanol–water partition coefficient (Wildman–Crippen LogP) is 4.91. The average Bonchev–Trinajstić information content (AvgIpc) is 3.19. The van der Waals surface area contributed by atoms with Gasteiger partial charge >= 0.3 is 6.61 Å². The zero-order chi connectivity index (χ0) is 24.4. The first-order chi connectivity index (χ1) is 17.0. The van der Waals surface area contributed by atoms with Crippen molar-refractivity contribution in [2.75, 3.05) is 25.1 Å². The van der Waals surface area contributed by atoms with E-state index in [4.69, 9.17) is 9.47 Å². The van der Waals surface area contributed by atoms with E-state index < -0.39 is 6.61 Å². The molecular formula is C26H27F2N5O2. The number of fused-ring (bicyclic) bond motifs is 1. The van der Waals surface area contributed by atoms with Crippen molar-refractivity contribution in [3.05, 3.63) is 71.9 Å². The number of pyridine rings is 1. The quantitative estimate of drug-likeness (QED) is 0.375. The lowest BCUT2D eigenvalue weighted by molar-refractivity contribution is -0.0503. The van der Waals surface area contributed by atoms with Gasteiger partial charge in [-0.3, -0.25) is 0 Å². The van der Waals surface area contributed by atoms with Crippen molar-refractivity contribution in [3.8, 4) is 16.9 Å². The zero-order valence-electron chi connectivity index (χ0n) is 19.7. The first-order valence-electron chi connectivity index (χ1n) is 11.6. The number of nitrogens with zero attached hydrogens (tertiary/aromatic N) is 5.